The highest BCUT2D eigenvalue weighted by Gasteiger charge is 2.29. The second kappa shape index (κ2) is 5.91. The molecule has 98 valence electrons. The van der Waals surface area contributed by atoms with E-state index in [0.29, 0.717) is 15.6 Å². The molecule has 2 rings (SSSR count). The molecule has 0 radical (unpaired) electrons. The molecule has 18 heavy (non-hydrogen) atoms. The van der Waals surface area contributed by atoms with Gasteiger partial charge in [0.25, 0.3) is 5.91 Å². The van der Waals surface area contributed by atoms with Crippen LogP contribution in [0.15, 0.2) is 18.2 Å². The fourth-order valence-corrected chi connectivity index (χ4v) is 2.74. The summed E-state index contributed by atoms with van der Waals surface area (Å²) >= 11 is 12.0. The molecule has 0 spiro atoms. The van der Waals surface area contributed by atoms with Gasteiger partial charge in [0.2, 0.25) is 0 Å². The predicted octanol–water partition coefficient (Wildman–Crippen LogP) is 2.82. The lowest BCUT2D eigenvalue weighted by molar-refractivity contribution is 0.0737. The molecule has 0 bridgehead atoms. The molecule has 1 unspecified atom stereocenters. The van der Waals surface area contributed by atoms with Crippen LogP contribution in [0.25, 0.3) is 0 Å². The molecule has 1 aliphatic heterocycles. The Morgan fingerprint density at radius 2 is 2.28 bits per heavy atom. The van der Waals surface area contributed by atoms with Crippen LogP contribution in [0.5, 0.6) is 0 Å². The van der Waals surface area contributed by atoms with Crippen LogP contribution in [0, 0.1) is 0 Å². The fourth-order valence-electron chi connectivity index (χ4n) is 2.37. The Hall–Kier alpha value is -0.770. The van der Waals surface area contributed by atoms with Crippen molar-refractivity contribution in [3.63, 3.8) is 0 Å². The maximum absolute atomic E-state index is 12.5. The van der Waals surface area contributed by atoms with E-state index in [1.54, 1.807) is 18.2 Å². The number of likely N-dealkylation sites (tertiary alicyclic amines) is 1. The SMILES string of the molecule is CNCC1CCCN1C(=O)c1cc(Cl)ccc1Cl. The number of hydrogen-bond donors (Lipinski definition) is 1. The zero-order chi connectivity index (χ0) is 13.1. The van der Waals surface area contributed by atoms with Crippen LogP contribution in [0.3, 0.4) is 0 Å². The summed E-state index contributed by atoms with van der Waals surface area (Å²) in [6.07, 6.45) is 2.07. The maximum atomic E-state index is 12.5. The van der Waals surface area contributed by atoms with Crippen molar-refractivity contribution in [2.24, 2.45) is 0 Å². The van der Waals surface area contributed by atoms with Gasteiger partial charge in [-0.3, -0.25) is 4.79 Å². The molecule has 1 aromatic carbocycles. The highest BCUT2D eigenvalue weighted by Crippen LogP contribution is 2.25. The summed E-state index contributed by atoms with van der Waals surface area (Å²) in [5.74, 6) is -0.0275. The minimum Gasteiger partial charge on any atom is -0.334 e. The van der Waals surface area contributed by atoms with Gasteiger partial charge in [-0.1, -0.05) is 23.2 Å². The minimum atomic E-state index is -0.0275. The summed E-state index contributed by atoms with van der Waals surface area (Å²) in [6, 6.07) is 5.24. The number of carbonyl (C=O) groups excluding carboxylic acids is 1. The first-order chi connectivity index (χ1) is 8.63. The van der Waals surface area contributed by atoms with E-state index in [-0.39, 0.29) is 11.9 Å². The van der Waals surface area contributed by atoms with Crippen molar-refractivity contribution >= 4 is 29.1 Å². The molecule has 1 aromatic rings. The van der Waals surface area contributed by atoms with Crippen LogP contribution in [-0.2, 0) is 0 Å². The zero-order valence-corrected chi connectivity index (χ0v) is 11.8. The number of halogens is 2. The standard InChI is InChI=1S/C13H16Cl2N2O/c1-16-8-10-3-2-6-17(10)13(18)11-7-9(14)4-5-12(11)15/h4-5,7,10,16H,2-3,6,8H2,1H3. The van der Waals surface area contributed by atoms with Crippen molar-refractivity contribution in [3.05, 3.63) is 33.8 Å². The molecule has 1 heterocycles. The maximum Gasteiger partial charge on any atom is 0.255 e. The van der Waals surface area contributed by atoms with Crippen LogP contribution in [-0.4, -0.2) is 37.0 Å². The van der Waals surface area contributed by atoms with Crippen LogP contribution in [0.4, 0.5) is 0 Å². The van der Waals surface area contributed by atoms with Gasteiger partial charge in [-0.25, -0.2) is 0 Å². The summed E-state index contributed by atoms with van der Waals surface area (Å²) in [4.78, 5) is 14.3. The van der Waals surface area contributed by atoms with E-state index in [0.717, 1.165) is 25.9 Å². The summed E-state index contributed by atoms with van der Waals surface area (Å²) in [5.41, 5.74) is 0.493. The molecular formula is C13H16Cl2N2O. The number of benzene rings is 1. The normalized spacial score (nSPS) is 19.3. The van der Waals surface area contributed by atoms with Crippen LogP contribution in [0.2, 0.25) is 10.0 Å². The first-order valence-corrected chi connectivity index (χ1v) is 6.79. The quantitative estimate of drug-likeness (QED) is 0.927. The van der Waals surface area contributed by atoms with Gasteiger partial charge < -0.3 is 10.2 Å². The second-order valence-corrected chi connectivity index (χ2v) is 5.32. The number of amides is 1. The van der Waals surface area contributed by atoms with Crippen molar-refractivity contribution in [1.29, 1.82) is 0 Å². The summed E-state index contributed by atoms with van der Waals surface area (Å²) in [5, 5.41) is 4.11. The smallest absolute Gasteiger partial charge is 0.255 e. The lowest BCUT2D eigenvalue weighted by Crippen LogP contribution is -2.40. The molecule has 0 aliphatic carbocycles. The van der Waals surface area contributed by atoms with Crippen LogP contribution in [0.1, 0.15) is 23.2 Å². The number of likely N-dealkylation sites (N-methyl/N-ethyl adjacent to an activating group) is 1. The van der Waals surface area contributed by atoms with Gasteiger partial charge in [-0.15, -0.1) is 0 Å². The molecule has 1 N–H and O–H groups in total. The molecule has 0 saturated carbocycles. The average Bonchev–Trinajstić information content (AvgIpc) is 2.80. The lowest BCUT2D eigenvalue weighted by Gasteiger charge is -2.25. The average molecular weight is 287 g/mol. The molecule has 1 atom stereocenters. The van der Waals surface area contributed by atoms with E-state index in [2.05, 4.69) is 5.32 Å². The number of hydrogen-bond acceptors (Lipinski definition) is 2. The van der Waals surface area contributed by atoms with Gasteiger partial charge in [0.1, 0.15) is 0 Å². The Morgan fingerprint density at radius 3 is 3.00 bits per heavy atom. The highest BCUT2D eigenvalue weighted by atomic mass is 35.5. The molecule has 1 saturated heterocycles. The van der Waals surface area contributed by atoms with Crippen LogP contribution < -0.4 is 5.32 Å². The highest BCUT2D eigenvalue weighted by molar-refractivity contribution is 6.35. The van der Waals surface area contributed by atoms with E-state index in [1.807, 2.05) is 11.9 Å². The van der Waals surface area contributed by atoms with Gasteiger partial charge in [0.15, 0.2) is 0 Å². The van der Waals surface area contributed by atoms with Crippen molar-refractivity contribution < 1.29 is 4.79 Å². The summed E-state index contributed by atoms with van der Waals surface area (Å²) in [6.45, 7) is 1.60. The van der Waals surface area contributed by atoms with E-state index in [4.69, 9.17) is 23.2 Å². The molecular weight excluding hydrogens is 271 g/mol. The Bertz CT molecular complexity index is 451. The van der Waals surface area contributed by atoms with Gasteiger partial charge >= 0.3 is 0 Å². The lowest BCUT2D eigenvalue weighted by atomic mass is 10.1. The molecule has 1 fully saturated rings. The number of nitrogens with one attached hydrogen (secondary N) is 1. The largest absolute Gasteiger partial charge is 0.334 e. The van der Waals surface area contributed by atoms with Crippen molar-refractivity contribution in [2.75, 3.05) is 20.1 Å². The number of rotatable bonds is 3. The van der Waals surface area contributed by atoms with E-state index in [1.165, 1.54) is 0 Å². The molecule has 1 amide bonds. The summed E-state index contributed by atoms with van der Waals surface area (Å²) in [7, 11) is 1.90. The van der Waals surface area contributed by atoms with E-state index >= 15 is 0 Å². The first-order valence-electron chi connectivity index (χ1n) is 6.04. The van der Waals surface area contributed by atoms with Crippen molar-refractivity contribution in [2.45, 2.75) is 18.9 Å². The van der Waals surface area contributed by atoms with Crippen molar-refractivity contribution in [3.8, 4) is 0 Å². The summed E-state index contributed by atoms with van der Waals surface area (Å²) < 4.78 is 0. The third kappa shape index (κ3) is 2.79. The third-order valence-electron chi connectivity index (χ3n) is 3.24. The number of nitrogens with zero attached hydrogens (tertiary/aromatic N) is 1. The van der Waals surface area contributed by atoms with Gasteiger partial charge in [-0.05, 0) is 38.1 Å². The van der Waals surface area contributed by atoms with Crippen LogP contribution >= 0.6 is 23.2 Å². The monoisotopic (exact) mass is 286 g/mol. The van der Waals surface area contributed by atoms with Crippen molar-refractivity contribution in [1.82, 2.24) is 10.2 Å². The van der Waals surface area contributed by atoms with Gasteiger partial charge in [-0.2, -0.15) is 0 Å². The Morgan fingerprint density at radius 1 is 1.50 bits per heavy atom. The van der Waals surface area contributed by atoms with E-state index < -0.39 is 0 Å². The second-order valence-electron chi connectivity index (χ2n) is 4.48. The Labute approximate surface area is 117 Å². The molecule has 0 aromatic heterocycles. The van der Waals surface area contributed by atoms with Gasteiger partial charge in [0, 0.05) is 24.2 Å². The number of carbonyl (C=O) groups is 1. The zero-order valence-electron chi connectivity index (χ0n) is 10.2. The third-order valence-corrected chi connectivity index (χ3v) is 3.80. The molecule has 1 aliphatic rings. The fraction of sp³-hybridized carbons (Fsp3) is 0.462. The molecule has 5 heteroatoms. The van der Waals surface area contributed by atoms with E-state index in [9.17, 15) is 4.79 Å². The molecule has 3 nitrogen and oxygen atoms in total. The minimum absolute atomic E-state index is 0.0275. The predicted molar refractivity (Wildman–Crippen MR) is 74.4 cm³/mol. The van der Waals surface area contributed by atoms with Gasteiger partial charge in [0.05, 0.1) is 10.6 Å². The Kier molecular flexibility index (Phi) is 4.49. The topological polar surface area (TPSA) is 32.3 Å². The first kappa shape index (κ1) is 13.7. The Balaban J connectivity index is 2.22.